The van der Waals surface area contributed by atoms with Crippen molar-refractivity contribution in [1.29, 1.82) is 0 Å². The van der Waals surface area contributed by atoms with Gasteiger partial charge in [0.25, 0.3) is 0 Å². The molecule has 0 saturated carbocycles. The van der Waals surface area contributed by atoms with Gasteiger partial charge in [-0.25, -0.2) is 0 Å². The van der Waals surface area contributed by atoms with Crippen LogP contribution < -0.4 is 5.73 Å². The molecule has 0 spiro atoms. The lowest BCUT2D eigenvalue weighted by Crippen LogP contribution is -2.25. The minimum Gasteiger partial charge on any atom is -0.390 e. The summed E-state index contributed by atoms with van der Waals surface area (Å²) in [5, 5.41) is 23.3. The van der Waals surface area contributed by atoms with Crippen molar-refractivity contribution in [3.63, 3.8) is 0 Å². The molecule has 1 rings (SSSR count). The zero-order chi connectivity index (χ0) is 10.7. The Hall–Kier alpha value is -1.47. The Bertz CT molecular complexity index is 336. The van der Waals surface area contributed by atoms with Gasteiger partial charge >= 0.3 is 5.82 Å². The molecule has 1 atom stereocenters. The Balaban J connectivity index is 2.81. The number of hydrogen-bond donors (Lipinski definition) is 2. The highest BCUT2D eigenvalue weighted by molar-refractivity contribution is 5.27. The second-order valence-corrected chi connectivity index (χ2v) is 3.00. The number of nitrogens with two attached hydrogens (primary N) is 1. The largest absolute Gasteiger partial charge is 0.392 e. The number of aryl methyl sites for hydroxylation is 1. The Kier molecular flexibility index (Phi) is 3.15. The van der Waals surface area contributed by atoms with Crippen molar-refractivity contribution in [3.8, 4) is 0 Å². The van der Waals surface area contributed by atoms with Crippen LogP contribution in [-0.4, -0.2) is 32.5 Å². The molecule has 0 aliphatic heterocycles. The summed E-state index contributed by atoms with van der Waals surface area (Å²) < 4.78 is 1.32. The lowest BCUT2D eigenvalue weighted by Gasteiger charge is -2.03. The van der Waals surface area contributed by atoms with Crippen LogP contribution in [0.25, 0.3) is 0 Å². The molecule has 0 bridgehead atoms. The first-order chi connectivity index (χ1) is 6.54. The SMILES string of the molecule is Cc1cn(CC(O)CN)nc1[N+](=O)[O-]. The van der Waals surface area contributed by atoms with Crippen LogP contribution in [0.3, 0.4) is 0 Å². The predicted octanol–water partition coefficient (Wildman–Crippen LogP) is -0.581. The average Bonchev–Trinajstić information content (AvgIpc) is 2.46. The lowest BCUT2D eigenvalue weighted by molar-refractivity contribution is -0.390. The summed E-state index contributed by atoms with van der Waals surface area (Å²) >= 11 is 0. The molecule has 3 N–H and O–H groups in total. The van der Waals surface area contributed by atoms with Crippen LogP contribution in [0, 0.1) is 17.0 Å². The van der Waals surface area contributed by atoms with E-state index >= 15 is 0 Å². The fraction of sp³-hybridized carbons (Fsp3) is 0.571. The van der Waals surface area contributed by atoms with Crippen LogP contribution in [0.1, 0.15) is 5.56 Å². The van der Waals surface area contributed by atoms with E-state index in [-0.39, 0.29) is 18.9 Å². The first-order valence-electron chi connectivity index (χ1n) is 4.11. The predicted molar refractivity (Wildman–Crippen MR) is 48.7 cm³/mol. The number of rotatable bonds is 4. The molecular weight excluding hydrogens is 188 g/mol. The third-order valence-electron chi connectivity index (χ3n) is 1.76. The number of aliphatic hydroxyl groups is 1. The van der Waals surface area contributed by atoms with Crippen LogP contribution in [0.2, 0.25) is 0 Å². The molecule has 14 heavy (non-hydrogen) atoms. The van der Waals surface area contributed by atoms with Crippen LogP contribution in [-0.2, 0) is 6.54 Å². The fourth-order valence-electron chi connectivity index (χ4n) is 1.08. The molecule has 1 aromatic rings. The number of hydrogen-bond acceptors (Lipinski definition) is 5. The molecule has 0 amide bonds. The highest BCUT2D eigenvalue weighted by atomic mass is 16.6. The van der Waals surface area contributed by atoms with Crippen LogP contribution >= 0.6 is 0 Å². The molecule has 0 saturated heterocycles. The van der Waals surface area contributed by atoms with Gasteiger partial charge in [0.1, 0.15) is 0 Å². The van der Waals surface area contributed by atoms with Gasteiger partial charge < -0.3 is 21.0 Å². The zero-order valence-electron chi connectivity index (χ0n) is 7.75. The number of aromatic nitrogens is 2. The Morgan fingerprint density at radius 3 is 2.93 bits per heavy atom. The number of nitrogens with zero attached hydrogens (tertiary/aromatic N) is 3. The Labute approximate surface area is 80.3 Å². The van der Waals surface area contributed by atoms with Crippen LogP contribution in [0.15, 0.2) is 6.20 Å². The molecule has 1 heterocycles. The summed E-state index contributed by atoms with van der Waals surface area (Å²) in [5.74, 6) is -0.186. The van der Waals surface area contributed by atoms with Crippen molar-refractivity contribution in [2.75, 3.05) is 6.54 Å². The van der Waals surface area contributed by atoms with E-state index in [1.807, 2.05) is 0 Å². The molecule has 0 aliphatic carbocycles. The van der Waals surface area contributed by atoms with Crippen molar-refractivity contribution in [3.05, 3.63) is 21.9 Å². The standard InChI is InChI=1S/C7H12N4O3/c1-5-3-10(4-6(12)2-8)9-7(5)11(13)14/h3,6,12H,2,4,8H2,1H3. The molecule has 7 nitrogen and oxygen atoms in total. The highest BCUT2D eigenvalue weighted by Gasteiger charge is 2.18. The van der Waals surface area contributed by atoms with E-state index < -0.39 is 11.0 Å². The summed E-state index contributed by atoms with van der Waals surface area (Å²) in [6.45, 7) is 1.87. The molecule has 1 aromatic heterocycles. The minimum atomic E-state index is -0.728. The normalized spacial score (nSPS) is 12.8. The van der Waals surface area contributed by atoms with Crippen molar-refractivity contribution in [2.45, 2.75) is 19.6 Å². The fourth-order valence-corrected chi connectivity index (χ4v) is 1.08. The number of aliphatic hydroxyl groups excluding tert-OH is 1. The summed E-state index contributed by atoms with van der Waals surface area (Å²) in [7, 11) is 0. The van der Waals surface area contributed by atoms with E-state index in [0.717, 1.165) is 0 Å². The van der Waals surface area contributed by atoms with Crippen molar-refractivity contribution in [2.24, 2.45) is 5.73 Å². The topological polar surface area (TPSA) is 107 Å². The quantitative estimate of drug-likeness (QED) is 0.499. The number of nitro groups is 1. The minimum absolute atomic E-state index is 0.104. The van der Waals surface area contributed by atoms with Gasteiger partial charge in [-0.05, 0) is 11.8 Å². The van der Waals surface area contributed by atoms with Gasteiger partial charge in [0, 0.05) is 6.54 Å². The molecular formula is C7H12N4O3. The van der Waals surface area contributed by atoms with Gasteiger partial charge in [0.05, 0.1) is 29.5 Å². The Morgan fingerprint density at radius 2 is 2.50 bits per heavy atom. The summed E-state index contributed by atoms with van der Waals surface area (Å²) in [6.07, 6.45) is 0.783. The van der Waals surface area contributed by atoms with Gasteiger partial charge in [-0.1, -0.05) is 0 Å². The van der Waals surface area contributed by atoms with Crippen molar-refractivity contribution < 1.29 is 10.0 Å². The first kappa shape index (κ1) is 10.6. The van der Waals surface area contributed by atoms with Gasteiger partial charge in [-0.15, -0.1) is 0 Å². The van der Waals surface area contributed by atoms with E-state index in [9.17, 15) is 15.2 Å². The van der Waals surface area contributed by atoms with E-state index in [0.29, 0.717) is 5.56 Å². The van der Waals surface area contributed by atoms with Crippen molar-refractivity contribution >= 4 is 5.82 Å². The van der Waals surface area contributed by atoms with E-state index in [4.69, 9.17) is 5.73 Å². The molecule has 0 fully saturated rings. The van der Waals surface area contributed by atoms with Gasteiger partial charge in [-0.3, -0.25) is 0 Å². The first-order valence-corrected chi connectivity index (χ1v) is 4.11. The second kappa shape index (κ2) is 4.16. The Morgan fingerprint density at radius 1 is 1.86 bits per heavy atom. The van der Waals surface area contributed by atoms with Gasteiger partial charge in [0.15, 0.2) is 0 Å². The maximum absolute atomic E-state index is 10.4. The summed E-state index contributed by atoms with van der Waals surface area (Å²) in [5.41, 5.74) is 5.67. The average molecular weight is 200 g/mol. The monoisotopic (exact) mass is 200 g/mol. The summed E-state index contributed by atoms with van der Waals surface area (Å²) in [6, 6.07) is 0. The van der Waals surface area contributed by atoms with Gasteiger partial charge in [0.2, 0.25) is 0 Å². The molecule has 7 heteroatoms. The second-order valence-electron chi connectivity index (χ2n) is 3.00. The molecule has 0 aliphatic rings. The summed E-state index contributed by atoms with van der Waals surface area (Å²) in [4.78, 5) is 9.88. The van der Waals surface area contributed by atoms with Crippen molar-refractivity contribution in [1.82, 2.24) is 9.78 Å². The highest BCUT2D eigenvalue weighted by Crippen LogP contribution is 2.13. The smallest absolute Gasteiger partial charge is 0.390 e. The maximum atomic E-state index is 10.4. The molecule has 0 radical (unpaired) electrons. The van der Waals surface area contributed by atoms with E-state index in [2.05, 4.69) is 5.10 Å². The van der Waals surface area contributed by atoms with Crippen LogP contribution in [0.5, 0.6) is 0 Å². The van der Waals surface area contributed by atoms with Gasteiger partial charge in [-0.2, -0.15) is 4.68 Å². The molecule has 78 valence electrons. The van der Waals surface area contributed by atoms with E-state index in [1.165, 1.54) is 10.9 Å². The molecule has 1 unspecified atom stereocenters. The maximum Gasteiger partial charge on any atom is 0.392 e. The van der Waals surface area contributed by atoms with E-state index in [1.54, 1.807) is 6.92 Å². The molecule has 0 aromatic carbocycles. The zero-order valence-corrected chi connectivity index (χ0v) is 7.75. The van der Waals surface area contributed by atoms with Crippen LogP contribution in [0.4, 0.5) is 5.82 Å². The third kappa shape index (κ3) is 2.27. The third-order valence-corrected chi connectivity index (χ3v) is 1.76. The lowest BCUT2D eigenvalue weighted by atomic mass is 10.3.